The molecule has 19 heavy (non-hydrogen) atoms. The van der Waals surface area contributed by atoms with E-state index in [0.717, 1.165) is 19.3 Å². The van der Waals surface area contributed by atoms with Gasteiger partial charge in [0.05, 0.1) is 0 Å². The van der Waals surface area contributed by atoms with Crippen LogP contribution in [0.3, 0.4) is 0 Å². The van der Waals surface area contributed by atoms with Crippen LogP contribution in [0.5, 0.6) is 0 Å². The fraction of sp³-hybridized carbons (Fsp3) is 0.647. The number of rotatable bonds is 4. The molecule has 0 unspecified atom stereocenters. The smallest absolute Gasteiger partial charge is 0.140 e. The van der Waals surface area contributed by atoms with Gasteiger partial charge in [0.1, 0.15) is 11.6 Å². The van der Waals surface area contributed by atoms with Crippen molar-refractivity contribution in [3.05, 3.63) is 25.3 Å². The van der Waals surface area contributed by atoms with E-state index in [4.69, 9.17) is 0 Å². The molecule has 2 bridgehead atoms. The summed E-state index contributed by atoms with van der Waals surface area (Å²) in [5, 5.41) is 0. The maximum atomic E-state index is 12.6. The van der Waals surface area contributed by atoms with Gasteiger partial charge in [0.25, 0.3) is 0 Å². The predicted octanol–water partition coefficient (Wildman–Crippen LogP) is 2.65. The molecule has 0 aliphatic heterocycles. The molecule has 0 radical (unpaired) electrons. The second-order valence-electron chi connectivity index (χ2n) is 6.84. The Morgan fingerprint density at radius 2 is 1.32 bits per heavy atom. The van der Waals surface area contributed by atoms with E-state index in [1.54, 1.807) is 0 Å². The fourth-order valence-electron chi connectivity index (χ4n) is 6.19. The number of hydrogen-bond acceptors (Lipinski definition) is 2. The first-order chi connectivity index (χ1) is 9.20. The quantitative estimate of drug-likeness (QED) is 0.725. The second-order valence-corrected chi connectivity index (χ2v) is 6.84. The van der Waals surface area contributed by atoms with Crippen LogP contribution in [0.2, 0.25) is 0 Å². The first-order valence-electron chi connectivity index (χ1n) is 7.50. The summed E-state index contributed by atoms with van der Waals surface area (Å²) < 4.78 is 0. The summed E-state index contributed by atoms with van der Waals surface area (Å²) in [4.78, 5) is 25.2. The maximum absolute atomic E-state index is 12.6. The van der Waals surface area contributed by atoms with Gasteiger partial charge in [-0.1, -0.05) is 12.2 Å². The summed E-state index contributed by atoms with van der Waals surface area (Å²) >= 11 is 0. The topological polar surface area (TPSA) is 34.1 Å². The third-order valence-corrected chi connectivity index (χ3v) is 6.45. The number of hydrogen-bond donors (Lipinski definition) is 0. The third kappa shape index (κ3) is 1.14. The molecule has 0 spiro atoms. The SMILES string of the molecule is C=CC[C@@H]1C(=O)[C@@H]2[C@H]3C[C@H]4[C@H]2C(=O)[C@H](CC=C)[C@H]4[C@H]31. The van der Waals surface area contributed by atoms with Crippen LogP contribution in [0.1, 0.15) is 19.3 Å². The van der Waals surface area contributed by atoms with E-state index in [-0.39, 0.29) is 23.7 Å². The Balaban J connectivity index is 1.78. The molecule has 4 saturated carbocycles. The van der Waals surface area contributed by atoms with Crippen LogP contribution in [0.4, 0.5) is 0 Å². The summed E-state index contributed by atoms with van der Waals surface area (Å²) in [5.41, 5.74) is 0. The van der Waals surface area contributed by atoms with Crippen LogP contribution in [0.25, 0.3) is 0 Å². The van der Waals surface area contributed by atoms with Crippen LogP contribution >= 0.6 is 0 Å². The van der Waals surface area contributed by atoms with Gasteiger partial charge in [-0.25, -0.2) is 0 Å². The van der Waals surface area contributed by atoms with Crippen molar-refractivity contribution in [1.82, 2.24) is 0 Å². The Morgan fingerprint density at radius 1 is 0.895 bits per heavy atom. The molecule has 4 fully saturated rings. The number of allylic oxidation sites excluding steroid dienone is 2. The summed E-state index contributed by atoms with van der Waals surface area (Å²) in [6, 6.07) is 0. The molecule has 0 heterocycles. The molecule has 8 atom stereocenters. The monoisotopic (exact) mass is 256 g/mol. The second kappa shape index (κ2) is 3.68. The van der Waals surface area contributed by atoms with E-state index in [1.165, 1.54) is 0 Å². The van der Waals surface area contributed by atoms with E-state index in [2.05, 4.69) is 13.2 Å². The average molecular weight is 256 g/mol. The van der Waals surface area contributed by atoms with Gasteiger partial charge in [0, 0.05) is 23.7 Å². The van der Waals surface area contributed by atoms with Crippen molar-refractivity contribution in [2.75, 3.05) is 0 Å². The van der Waals surface area contributed by atoms with Crippen LogP contribution < -0.4 is 0 Å². The van der Waals surface area contributed by atoms with E-state index in [1.807, 2.05) is 12.2 Å². The minimum absolute atomic E-state index is 0.0681. The summed E-state index contributed by atoms with van der Waals surface area (Å²) in [6.07, 6.45) is 6.52. The number of fused-ring (bicyclic) bond motifs is 2. The molecule has 2 nitrogen and oxygen atoms in total. The molecule has 0 aromatic rings. The Hall–Kier alpha value is -1.18. The molecule has 4 rings (SSSR count). The minimum Gasteiger partial charge on any atom is -0.299 e. The lowest BCUT2D eigenvalue weighted by molar-refractivity contribution is -0.132. The van der Waals surface area contributed by atoms with Crippen LogP contribution in [0.15, 0.2) is 25.3 Å². The fourth-order valence-corrected chi connectivity index (χ4v) is 6.19. The lowest BCUT2D eigenvalue weighted by Crippen LogP contribution is -2.28. The standard InChI is InChI=1S/C17H20O2/c1-3-5-8-12-10-7-11-13(12)9(6-4-2)17(19)15(11)14(10)16(8)18/h3-4,8-15H,1-2,5-7H2/t8-,9+,10-,11+,12-,13+,14-,15-/m1/s1. The highest BCUT2D eigenvalue weighted by atomic mass is 16.1. The zero-order valence-corrected chi connectivity index (χ0v) is 11.1. The van der Waals surface area contributed by atoms with Crippen molar-refractivity contribution in [3.63, 3.8) is 0 Å². The Bertz CT molecular complexity index is 447. The molecule has 0 saturated heterocycles. The van der Waals surface area contributed by atoms with Crippen molar-refractivity contribution in [3.8, 4) is 0 Å². The Kier molecular flexibility index (Phi) is 2.25. The molecule has 0 aromatic heterocycles. The van der Waals surface area contributed by atoms with Crippen molar-refractivity contribution in [1.29, 1.82) is 0 Å². The largest absolute Gasteiger partial charge is 0.299 e. The molecule has 4 aliphatic carbocycles. The lowest BCUT2D eigenvalue weighted by atomic mass is 9.74. The van der Waals surface area contributed by atoms with Gasteiger partial charge in [0.2, 0.25) is 0 Å². The highest BCUT2D eigenvalue weighted by Crippen LogP contribution is 2.72. The van der Waals surface area contributed by atoms with Crippen molar-refractivity contribution >= 4 is 11.6 Å². The molecular weight excluding hydrogens is 236 g/mol. The molecule has 4 aliphatic rings. The van der Waals surface area contributed by atoms with E-state index < -0.39 is 0 Å². The predicted molar refractivity (Wildman–Crippen MR) is 72.2 cm³/mol. The first kappa shape index (κ1) is 11.6. The number of carbonyl (C=O) groups is 2. The van der Waals surface area contributed by atoms with Crippen molar-refractivity contribution in [2.45, 2.75) is 19.3 Å². The molecule has 2 heteroatoms. The van der Waals surface area contributed by atoms with E-state index in [0.29, 0.717) is 35.2 Å². The maximum Gasteiger partial charge on any atom is 0.140 e. The van der Waals surface area contributed by atoms with Gasteiger partial charge in [-0.3, -0.25) is 9.59 Å². The normalized spacial score (nSPS) is 53.1. The van der Waals surface area contributed by atoms with Crippen LogP contribution in [-0.4, -0.2) is 11.6 Å². The summed E-state index contributed by atoms with van der Waals surface area (Å²) in [6.45, 7) is 7.62. The van der Waals surface area contributed by atoms with Gasteiger partial charge in [0.15, 0.2) is 0 Å². The zero-order chi connectivity index (χ0) is 13.3. The Labute approximate surface area is 113 Å². The van der Waals surface area contributed by atoms with Crippen LogP contribution in [-0.2, 0) is 9.59 Å². The van der Waals surface area contributed by atoms with E-state index in [9.17, 15) is 9.59 Å². The summed E-state index contributed by atoms with van der Waals surface area (Å²) in [7, 11) is 0. The molecular formula is C17H20O2. The molecule has 100 valence electrons. The number of Topliss-reactive ketones (excluding diaryl/α,β-unsaturated/α-hetero) is 2. The highest BCUT2D eigenvalue weighted by molar-refractivity contribution is 5.98. The van der Waals surface area contributed by atoms with Gasteiger partial charge in [-0.2, -0.15) is 0 Å². The lowest BCUT2D eigenvalue weighted by Gasteiger charge is -2.28. The van der Waals surface area contributed by atoms with Gasteiger partial charge >= 0.3 is 0 Å². The van der Waals surface area contributed by atoms with E-state index >= 15 is 0 Å². The Morgan fingerprint density at radius 3 is 1.68 bits per heavy atom. The molecule has 0 amide bonds. The molecule has 0 N–H and O–H groups in total. The minimum atomic E-state index is 0.0681. The average Bonchev–Trinajstić information content (AvgIpc) is 3.03. The van der Waals surface area contributed by atoms with Gasteiger partial charge in [-0.05, 0) is 42.9 Å². The van der Waals surface area contributed by atoms with Crippen LogP contribution in [0, 0.1) is 47.3 Å². The first-order valence-corrected chi connectivity index (χ1v) is 7.50. The van der Waals surface area contributed by atoms with Gasteiger partial charge in [-0.15, -0.1) is 13.2 Å². The van der Waals surface area contributed by atoms with Crippen molar-refractivity contribution in [2.24, 2.45) is 47.3 Å². The zero-order valence-electron chi connectivity index (χ0n) is 11.1. The molecule has 0 aromatic carbocycles. The summed E-state index contributed by atoms with van der Waals surface area (Å²) in [5.74, 6) is 3.18. The number of ketones is 2. The third-order valence-electron chi connectivity index (χ3n) is 6.45. The van der Waals surface area contributed by atoms with Gasteiger partial charge < -0.3 is 0 Å². The van der Waals surface area contributed by atoms with Crippen molar-refractivity contribution < 1.29 is 9.59 Å². The number of carbonyl (C=O) groups excluding carboxylic acids is 2. The highest BCUT2D eigenvalue weighted by Gasteiger charge is 2.74.